The van der Waals surface area contributed by atoms with Crippen LogP contribution in [0.1, 0.15) is 18.9 Å². The number of carbonyl (C=O) groups is 1. The number of amides is 1. The smallest absolute Gasteiger partial charge is 0.244 e. The third-order valence-electron chi connectivity index (χ3n) is 2.29. The molecule has 1 aromatic rings. The third-order valence-corrected chi connectivity index (χ3v) is 2.63. The molecule has 0 saturated carbocycles. The van der Waals surface area contributed by atoms with Crippen LogP contribution in [0.2, 0.25) is 5.02 Å². The van der Waals surface area contributed by atoms with E-state index in [1.807, 2.05) is 25.1 Å². The van der Waals surface area contributed by atoms with Crippen molar-refractivity contribution in [1.82, 2.24) is 5.32 Å². The zero-order valence-electron chi connectivity index (χ0n) is 10.5. The quantitative estimate of drug-likeness (QED) is 0.609. The number of hydrogen-bond acceptors (Lipinski definition) is 2. The normalized spacial score (nSPS) is 10.8. The Morgan fingerprint density at radius 3 is 2.94 bits per heavy atom. The molecule has 0 aliphatic heterocycles. The van der Waals surface area contributed by atoms with Gasteiger partial charge in [0.25, 0.3) is 0 Å². The van der Waals surface area contributed by atoms with Crippen LogP contribution in [0.5, 0.6) is 0 Å². The molecule has 1 amide bonds. The minimum atomic E-state index is -0.119. The molecule has 1 aromatic carbocycles. The van der Waals surface area contributed by atoms with E-state index in [-0.39, 0.29) is 5.91 Å². The fourth-order valence-electron chi connectivity index (χ4n) is 1.36. The summed E-state index contributed by atoms with van der Waals surface area (Å²) < 4.78 is 5.17. The van der Waals surface area contributed by atoms with Crippen LogP contribution in [0.3, 0.4) is 0 Å². The largest absolute Gasteiger partial charge is 0.382 e. The lowest BCUT2D eigenvalue weighted by molar-refractivity contribution is -0.116. The number of hydrogen-bond donors (Lipinski definition) is 1. The van der Waals surface area contributed by atoms with Crippen molar-refractivity contribution < 1.29 is 9.53 Å². The highest BCUT2D eigenvalue weighted by Gasteiger charge is 1.97. The van der Waals surface area contributed by atoms with Crippen LogP contribution >= 0.6 is 11.6 Å². The molecule has 0 atom stereocenters. The monoisotopic (exact) mass is 267 g/mol. The lowest BCUT2D eigenvalue weighted by Gasteiger charge is -2.02. The Kier molecular flexibility index (Phi) is 7.14. The first-order valence-corrected chi connectivity index (χ1v) is 6.40. The molecule has 0 radical (unpaired) electrons. The molecule has 1 N–H and O–H groups in total. The van der Waals surface area contributed by atoms with Gasteiger partial charge in [-0.2, -0.15) is 0 Å². The van der Waals surface area contributed by atoms with Gasteiger partial charge in [-0.3, -0.25) is 4.79 Å². The molecule has 98 valence electrons. The van der Waals surface area contributed by atoms with Crippen LogP contribution in [0, 0.1) is 0 Å². The summed E-state index contributed by atoms with van der Waals surface area (Å²) in [6.45, 7) is 3.95. The summed E-state index contributed by atoms with van der Waals surface area (Å²) >= 11 is 5.97. The van der Waals surface area contributed by atoms with Crippen LogP contribution in [0.25, 0.3) is 6.08 Å². The minimum absolute atomic E-state index is 0.119. The summed E-state index contributed by atoms with van der Waals surface area (Å²) in [4.78, 5) is 11.5. The van der Waals surface area contributed by atoms with E-state index in [4.69, 9.17) is 16.3 Å². The Hall–Kier alpha value is -1.32. The average Bonchev–Trinajstić information content (AvgIpc) is 2.37. The standard InChI is InChI=1S/C14H18ClNO2/c1-2-18-11-5-10-16-14(17)9-8-12-6-3-4-7-13(12)15/h3-4,6-9H,2,5,10-11H2,1H3,(H,16,17). The third kappa shape index (κ3) is 5.84. The summed E-state index contributed by atoms with van der Waals surface area (Å²) in [5.74, 6) is -0.119. The number of nitrogens with one attached hydrogen (secondary N) is 1. The highest BCUT2D eigenvalue weighted by atomic mass is 35.5. The first-order valence-electron chi connectivity index (χ1n) is 6.02. The summed E-state index contributed by atoms with van der Waals surface area (Å²) in [6, 6.07) is 7.39. The highest BCUT2D eigenvalue weighted by Crippen LogP contribution is 2.15. The molecular weight excluding hydrogens is 250 g/mol. The van der Waals surface area contributed by atoms with Crippen molar-refractivity contribution in [2.45, 2.75) is 13.3 Å². The maximum absolute atomic E-state index is 11.5. The van der Waals surface area contributed by atoms with E-state index < -0.39 is 0 Å². The van der Waals surface area contributed by atoms with Gasteiger partial charge in [0.1, 0.15) is 0 Å². The van der Waals surface area contributed by atoms with Crippen LogP contribution in [0.4, 0.5) is 0 Å². The lowest BCUT2D eigenvalue weighted by atomic mass is 10.2. The van der Waals surface area contributed by atoms with E-state index in [0.29, 0.717) is 24.8 Å². The summed E-state index contributed by atoms with van der Waals surface area (Å²) in [7, 11) is 0. The Bertz CT molecular complexity index is 405. The zero-order chi connectivity index (χ0) is 13.2. The molecule has 1 rings (SSSR count). The van der Waals surface area contributed by atoms with Crippen molar-refractivity contribution in [3.05, 3.63) is 40.9 Å². The van der Waals surface area contributed by atoms with Crippen molar-refractivity contribution in [1.29, 1.82) is 0 Å². The Labute approximate surface area is 113 Å². The van der Waals surface area contributed by atoms with Crippen molar-refractivity contribution in [2.75, 3.05) is 19.8 Å². The second-order valence-corrected chi connectivity index (χ2v) is 4.10. The number of halogens is 1. The maximum atomic E-state index is 11.5. The molecule has 0 aromatic heterocycles. The SMILES string of the molecule is CCOCCCNC(=O)C=Cc1ccccc1Cl. The van der Waals surface area contributed by atoms with Crippen LogP contribution < -0.4 is 5.32 Å². The van der Waals surface area contributed by atoms with Gasteiger partial charge in [-0.15, -0.1) is 0 Å². The molecule has 0 aliphatic carbocycles. The van der Waals surface area contributed by atoms with Gasteiger partial charge >= 0.3 is 0 Å². The number of rotatable bonds is 7. The van der Waals surface area contributed by atoms with Crippen molar-refractivity contribution in [2.24, 2.45) is 0 Å². The van der Waals surface area contributed by atoms with E-state index in [0.717, 1.165) is 12.0 Å². The minimum Gasteiger partial charge on any atom is -0.382 e. The van der Waals surface area contributed by atoms with Gasteiger partial charge in [0, 0.05) is 30.9 Å². The van der Waals surface area contributed by atoms with Gasteiger partial charge in [0.2, 0.25) is 5.91 Å². The topological polar surface area (TPSA) is 38.3 Å². The van der Waals surface area contributed by atoms with Gasteiger partial charge in [-0.05, 0) is 31.1 Å². The Morgan fingerprint density at radius 2 is 2.22 bits per heavy atom. The number of ether oxygens (including phenoxy) is 1. The van der Waals surface area contributed by atoms with E-state index in [2.05, 4.69) is 5.32 Å². The van der Waals surface area contributed by atoms with Crippen LogP contribution in [-0.2, 0) is 9.53 Å². The molecular formula is C14H18ClNO2. The summed E-state index contributed by atoms with van der Waals surface area (Å²) in [5, 5.41) is 3.42. The predicted molar refractivity (Wildman–Crippen MR) is 74.6 cm³/mol. The molecule has 0 aliphatic rings. The zero-order valence-corrected chi connectivity index (χ0v) is 11.2. The summed E-state index contributed by atoms with van der Waals surface area (Å²) in [6.07, 6.45) is 4.02. The first-order chi connectivity index (χ1) is 8.74. The van der Waals surface area contributed by atoms with Gasteiger partial charge < -0.3 is 10.1 Å². The molecule has 18 heavy (non-hydrogen) atoms. The summed E-state index contributed by atoms with van der Waals surface area (Å²) in [5.41, 5.74) is 0.837. The van der Waals surface area contributed by atoms with E-state index in [9.17, 15) is 4.79 Å². The second kappa shape index (κ2) is 8.72. The predicted octanol–water partition coefficient (Wildman–Crippen LogP) is 2.90. The van der Waals surface area contributed by atoms with Gasteiger partial charge in [-0.25, -0.2) is 0 Å². The fourth-order valence-corrected chi connectivity index (χ4v) is 1.56. The van der Waals surface area contributed by atoms with Crippen LogP contribution in [-0.4, -0.2) is 25.7 Å². The molecule has 0 bridgehead atoms. The fraction of sp³-hybridized carbons (Fsp3) is 0.357. The Morgan fingerprint density at radius 1 is 1.44 bits per heavy atom. The molecule has 0 saturated heterocycles. The van der Waals surface area contributed by atoms with E-state index in [1.165, 1.54) is 6.08 Å². The molecule has 0 fully saturated rings. The molecule has 0 heterocycles. The average molecular weight is 268 g/mol. The molecule has 3 nitrogen and oxygen atoms in total. The number of carbonyl (C=O) groups excluding carboxylic acids is 1. The first kappa shape index (κ1) is 14.7. The van der Waals surface area contributed by atoms with Gasteiger partial charge in [-0.1, -0.05) is 29.8 Å². The molecule has 4 heteroatoms. The molecule has 0 unspecified atom stereocenters. The van der Waals surface area contributed by atoms with Crippen LogP contribution in [0.15, 0.2) is 30.3 Å². The highest BCUT2D eigenvalue weighted by molar-refractivity contribution is 6.32. The maximum Gasteiger partial charge on any atom is 0.244 e. The Balaban J connectivity index is 2.30. The number of benzene rings is 1. The van der Waals surface area contributed by atoms with Crippen molar-refractivity contribution >= 4 is 23.6 Å². The lowest BCUT2D eigenvalue weighted by Crippen LogP contribution is -2.23. The van der Waals surface area contributed by atoms with Gasteiger partial charge in [0.15, 0.2) is 0 Å². The van der Waals surface area contributed by atoms with Crippen molar-refractivity contribution in [3.8, 4) is 0 Å². The van der Waals surface area contributed by atoms with E-state index >= 15 is 0 Å². The van der Waals surface area contributed by atoms with Crippen molar-refractivity contribution in [3.63, 3.8) is 0 Å². The van der Waals surface area contributed by atoms with Gasteiger partial charge in [0.05, 0.1) is 0 Å². The molecule has 0 spiro atoms. The second-order valence-electron chi connectivity index (χ2n) is 3.70. The van der Waals surface area contributed by atoms with E-state index in [1.54, 1.807) is 12.1 Å².